The molecule has 0 aliphatic carbocycles. The van der Waals surface area contributed by atoms with Gasteiger partial charge in [-0.2, -0.15) is 10.5 Å². The molecule has 0 fully saturated rings. The molecule has 0 aliphatic heterocycles. The van der Waals surface area contributed by atoms with Crippen LogP contribution in [-0.2, 0) is 0 Å². The summed E-state index contributed by atoms with van der Waals surface area (Å²) in [5.74, 6) is 0.667. The first-order chi connectivity index (χ1) is 10.0. The van der Waals surface area contributed by atoms with Gasteiger partial charge in [0.1, 0.15) is 23.5 Å². The third kappa shape index (κ3) is 8.30. The molecule has 0 bridgehead atoms. The number of rotatable bonds is 1. The van der Waals surface area contributed by atoms with Crippen molar-refractivity contribution in [1.82, 2.24) is 0 Å². The fourth-order valence-electron chi connectivity index (χ4n) is 0.897. The van der Waals surface area contributed by atoms with Gasteiger partial charge in [0.05, 0.1) is 6.26 Å². The van der Waals surface area contributed by atoms with Gasteiger partial charge in [-0.1, -0.05) is 25.3 Å². The van der Waals surface area contributed by atoms with Crippen LogP contribution in [0.15, 0.2) is 65.8 Å². The normalized spacial score (nSPS) is 7.71. The van der Waals surface area contributed by atoms with Crippen LogP contribution in [-0.4, -0.2) is 10.2 Å². The number of para-hydroxylation sites is 2. The molecular weight excluding hydrogens is 268 g/mol. The van der Waals surface area contributed by atoms with Crippen molar-refractivity contribution in [3.8, 4) is 23.6 Å². The van der Waals surface area contributed by atoms with Gasteiger partial charge in [0.15, 0.2) is 11.5 Å². The highest BCUT2D eigenvalue weighted by molar-refractivity contribution is 5.38. The van der Waals surface area contributed by atoms with Crippen LogP contribution in [0.2, 0.25) is 0 Å². The number of furan rings is 1. The molecule has 0 spiro atoms. The SMILES string of the molecule is C=C(C#N)C#N.C=Cc1ccco1.Oc1ccccc1O. The number of benzene rings is 1. The van der Waals surface area contributed by atoms with Gasteiger partial charge in [0.2, 0.25) is 0 Å². The zero-order valence-corrected chi connectivity index (χ0v) is 11.2. The van der Waals surface area contributed by atoms with Crippen molar-refractivity contribution in [2.45, 2.75) is 0 Å². The van der Waals surface area contributed by atoms with E-state index >= 15 is 0 Å². The molecule has 1 aromatic heterocycles. The number of phenols is 2. The van der Waals surface area contributed by atoms with Crippen LogP contribution < -0.4 is 0 Å². The summed E-state index contributed by atoms with van der Waals surface area (Å²) in [5, 5.41) is 32.9. The van der Waals surface area contributed by atoms with Gasteiger partial charge in [-0.15, -0.1) is 0 Å². The first kappa shape index (κ1) is 17.6. The van der Waals surface area contributed by atoms with Crippen LogP contribution in [0.25, 0.3) is 6.08 Å². The minimum absolute atomic E-state index is 0.0463. The third-order valence-electron chi connectivity index (χ3n) is 1.90. The van der Waals surface area contributed by atoms with Gasteiger partial charge < -0.3 is 14.6 Å². The molecule has 0 atom stereocenters. The van der Waals surface area contributed by atoms with E-state index in [2.05, 4.69) is 13.2 Å². The first-order valence-corrected chi connectivity index (χ1v) is 5.67. The van der Waals surface area contributed by atoms with Gasteiger partial charge in [-0.25, -0.2) is 0 Å². The van der Waals surface area contributed by atoms with E-state index in [0.717, 1.165) is 5.76 Å². The van der Waals surface area contributed by atoms with Crippen LogP contribution in [0.3, 0.4) is 0 Å². The quantitative estimate of drug-likeness (QED) is 0.614. The predicted molar refractivity (Wildman–Crippen MR) is 78.9 cm³/mol. The average Bonchev–Trinajstić information content (AvgIpc) is 3.04. The summed E-state index contributed by atoms with van der Waals surface area (Å²) in [6, 6.07) is 13.0. The predicted octanol–water partition coefficient (Wildman–Crippen LogP) is 3.61. The van der Waals surface area contributed by atoms with Crippen molar-refractivity contribution in [3.05, 3.63) is 67.2 Å². The summed E-state index contributed by atoms with van der Waals surface area (Å²) >= 11 is 0. The second-order valence-corrected chi connectivity index (χ2v) is 3.41. The Morgan fingerprint density at radius 2 is 1.57 bits per heavy atom. The van der Waals surface area contributed by atoms with Crippen molar-refractivity contribution >= 4 is 6.08 Å². The maximum Gasteiger partial charge on any atom is 0.157 e. The molecular formula is C16H14N2O3. The molecule has 1 aromatic carbocycles. The van der Waals surface area contributed by atoms with Crippen molar-refractivity contribution in [2.75, 3.05) is 0 Å². The zero-order chi connectivity index (χ0) is 16.1. The maximum absolute atomic E-state index is 8.67. The maximum atomic E-state index is 8.67. The molecule has 2 N–H and O–H groups in total. The van der Waals surface area contributed by atoms with E-state index in [0.29, 0.717) is 0 Å². The Hall–Kier alpha value is -3.44. The number of aromatic hydroxyl groups is 2. The molecule has 2 aromatic rings. The highest BCUT2D eigenvalue weighted by atomic mass is 16.3. The van der Waals surface area contributed by atoms with Crippen molar-refractivity contribution in [3.63, 3.8) is 0 Å². The summed E-state index contributed by atoms with van der Waals surface area (Å²) in [6.07, 6.45) is 3.29. The Bertz CT molecular complexity index is 610. The molecule has 1 heterocycles. The standard InChI is InChI=1S/C6H6O2.C6H6O.C4H2N2/c7-5-3-1-2-4-6(5)8;1-2-6-4-3-5-7-6;1-4(2-5)3-6/h1-4,7-8H;2-5H,1H2;1H2. The lowest BCUT2D eigenvalue weighted by molar-refractivity contribution is 0.404. The summed E-state index contributed by atoms with van der Waals surface area (Å²) in [4.78, 5) is 0. The third-order valence-corrected chi connectivity index (χ3v) is 1.90. The molecule has 0 saturated carbocycles. The molecule has 0 saturated heterocycles. The topological polar surface area (TPSA) is 101 Å². The van der Waals surface area contributed by atoms with E-state index < -0.39 is 0 Å². The molecule has 0 unspecified atom stereocenters. The Morgan fingerprint density at radius 3 is 1.76 bits per heavy atom. The van der Waals surface area contributed by atoms with E-state index in [1.165, 1.54) is 12.1 Å². The van der Waals surface area contributed by atoms with Crippen LogP contribution in [0.1, 0.15) is 5.76 Å². The van der Waals surface area contributed by atoms with Crippen molar-refractivity contribution in [2.24, 2.45) is 0 Å². The van der Waals surface area contributed by atoms with Crippen LogP contribution in [0, 0.1) is 22.7 Å². The van der Waals surface area contributed by atoms with E-state index in [9.17, 15) is 0 Å². The number of hydrogen-bond acceptors (Lipinski definition) is 5. The first-order valence-electron chi connectivity index (χ1n) is 5.67. The van der Waals surface area contributed by atoms with E-state index in [1.54, 1.807) is 36.6 Å². The molecule has 5 nitrogen and oxygen atoms in total. The number of allylic oxidation sites excluding steroid dienone is 1. The van der Waals surface area contributed by atoms with Gasteiger partial charge in [-0.3, -0.25) is 0 Å². The molecule has 0 aliphatic rings. The van der Waals surface area contributed by atoms with E-state index in [1.807, 2.05) is 12.1 Å². The Morgan fingerprint density at radius 1 is 1.05 bits per heavy atom. The lowest BCUT2D eigenvalue weighted by atomic mass is 10.3. The molecule has 0 amide bonds. The fraction of sp³-hybridized carbons (Fsp3) is 0. The number of phenolic OH excluding ortho intramolecular Hbond substituents is 2. The van der Waals surface area contributed by atoms with Gasteiger partial charge in [0.25, 0.3) is 0 Å². The summed E-state index contributed by atoms with van der Waals surface area (Å²) in [7, 11) is 0. The minimum atomic E-state index is -0.0764. The highest BCUT2D eigenvalue weighted by Crippen LogP contribution is 2.21. The molecule has 2 rings (SSSR count). The number of hydrogen-bond donors (Lipinski definition) is 2. The molecule has 0 radical (unpaired) electrons. The van der Waals surface area contributed by atoms with Gasteiger partial charge >= 0.3 is 0 Å². The summed E-state index contributed by atoms with van der Waals surface area (Å²) in [6.45, 7) is 6.58. The largest absolute Gasteiger partial charge is 0.504 e. The Balaban J connectivity index is 0.000000290. The fourth-order valence-corrected chi connectivity index (χ4v) is 0.897. The average molecular weight is 282 g/mol. The zero-order valence-electron chi connectivity index (χ0n) is 11.2. The lowest BCUT2D eigenvalue weighted by Crippen LogP contribution is -1.63. The van der Waals surface area contributed by atoms with Crippen molar-refractivity contribution in [1.29, 1.82) is 10.5 Å². The molecule has 106 valence electrons. The van der Waals surface area contributed by atoms with Crippen LogP contribution in [0.4, 0.5) is 0 Å². The van der Waals surface area contributed by atoms with Crippen LogP contribution in [0.5, 0.6) is 11.5 Å². The monoisotopic (exact) mass is 282 g/mol. The molecule has 21 heavy (non-hydrogen) atoms. The van der Waals surface area contributed by atoms with Crippen molar-refractivity contribution < 1.29 is 14.6 Å². The summed E-state index contributed by atoms with van der Waals surface area (Å²) in [5.41, 5.74) is -0.0463. The highest BCUT2D eigenvalue weighted by Gasteiger charge is 1.90. The molecule has 5 heteroatoms. The Kier molecular flexibility index (Phi) is 8.76. The Labute approximate surface area is 122 Å². The van der Waals surface area contributed by atoms with E-state index in [4.69, 9.17) is 25.2 Å². The number of nitrogens with zero attached hydrogens (tertiary/aromatic N) is 2. The smallest absolute Gasteiger partial charge is 0.157 e. The second kappa shape index (κ2) is 10.5. The lowest BCUT2D eigenvalue weighted by Gasteiger charge is -1.91. The summed E-state index contributed by atoms with van der Waals surface area (Å²) < 4.78 is 4.86. The van der Waals surface area contributed by atoms with Crippen LogP contribution >= 0.6 is 0 Å². The van der Waals surface area contributed by atoms with Gasteiger partial charge in [-0.05, 0) is 30.3 Å². The van der Waals surface area contributed by atoms with E-state index in [-0.39, 0.29) is 17.1 Å². The van der Waals surface area contributed by atoms with Gasteiger partial charge in [0, 0.05) is 0 Å². The number of nitriles is 2. The second-order valence-electron chi connectivity index (χ2n) is 3.41. The minimum Gasteiger partial charge on any atom is -0.504 e.